The molecule has 0 unspecified atom stereocenters. The Morgan fingerprint density at radius 1 is 1.53 bits per heavy atom. The molecule has 0 aliphatic heterocycles. The first kappa shape index (κ1) is 12.0. The van der Waals surface area contributed by atoms with Crippen LogP contribution in [0.4, 0.5) is 4.39 Å². The maximum Gasteiger partial charge on any atom is 0.338 e. The van der Waals surface area contributed by atoms with E-state index < -0.39 is 17.3 Å². The summed E-state index contributed by atoms with van der Waals surface area (Å²) in [6.07, 6.45) is 2.54. The van der Waals surface area contributed by atoms with Gasteiger partial charge in [-0.05, 0) is 18.9 Å². The van der Waals surface area contributed by atoms with Crippen molar-refractivity contribution in [3.8, 4) is 0 Å². The normalized spacial score (nSPS) is 15.0. The Balaban J connectivity index is 1.84. The van der Waals surface area contributed by atoms with Crippen molar-refractivity contribution in [1.82, 2.24) is 15.0 Å². The van der Waals surface area contributed by atoms with Crippen LogP contribution >= 0.6 is 0 Å². The number of carboxylic acid groups (broad SMARTS) is 1. The van der Waals surface area contributed by atoms with E-state index in [1.165, 1.54) is 10.7 Å². The molecular weight excluding hydrogens is 253 g/mol. The van der Waals surface area contributed by atoms with Gasteiger partial charge in [0.25, 0.3) is 0 Å². The molecule has 3 rings (SSSR count). The number of carboxylic acids is 1. The fourth-order valence-corrected chi connectivity index (χ4v) is 1.86. The third-order valence-corrected chi connectivity index (χ3v) is 3.01. The number of hydrogen-bond donors (Lipinski definition) is 1. The lowest BCUT2D eigenvalue weighted by atomic mass is 10.2. The SMILES string of the molecule is O=C(O)c1cc2nnn(CCOC3CC3)c2cc1F. The number of halogens is 1. The number of nitrogens with zero attached hydrogens (tertiary/aromatic N) is 3. The summed E-state index contributed by atoms with van der Waals surface area (Å²) in [4.78, 5) is 10.8. The first-order valence-electron chi connectivity index (χ1n) is 6.03. The van der Waals surface area contributed by atoms with E-state index in [9.17, 15) is 9.18 Å². The van der Waals surface area contributed by atoms with Crippen LogP contribution in [0.1, 0.15) is 23.2 Å². The van der Waals surface area contributed by atoms with Crippen molar-refractivity contribution in [2.75, 3.05) is 6.61 Å². The van der Waals surface area contributed by atoms with E-state index in [0.717, 1.165) is 18.9 Å². The maximum absolute atomic E-state index is 13.6. The molecule has 6 nitrogen and oxygen atoms in total. The van der Waals surface area contributed by atoms with Gasteiger partial charge in [-0.15, -0.1) is 5.10 Å². The largest absolute Gasteiger partial charge is 0.478 e. The van der Waals surface area contributed by atoms with Crippen LogP contribution in [0.25, 0.3) is 11.0 Å². The fraction of sp³-hybridized carbons (Fsp3) is 0.417. The molecule has 100 valence electrons. The van der Waals surface area contributed by atoms with Crippen LogP contribution in [0, 0.1) is 5.82 Å². The van der Waals surface area contributed by atoms with E-state index in [0.29, 0.717) is 30.3 Å². The van der Waals surface area contributed by atoms with Gasteiger partial charge in [0.2, 0.25) is 0 Å². The highest BCUT2D eigenvalue weighted by Gasteiger charge is 2.22. The van der Waals surface area contributed by atoms with Gasteiger partial charge in [0.15, 0.2) is 0 Å². The maximum atomic E-state index is 13.6. The number of aromatic carboxylic acids is 1. The molecule has 1 aliphatic carbocycles. The van der Waals surface area contributed by atoms with Crippen LogP contribution in [0.15, 0.2) is 12.1 Å². The second-order valence-electron chi connectivity index (χ2n) is 4.51. The molecule has 1 fully saturated rings. The monoisotopic (exact) mass is 265 g/mol. The van der Waals surface area contributed by atoms with E-state index in [-0.39, 0.29) is 0 Å². The number of fused-ring (bicyclic) bond motifs is 1. The Kier molecular flexibility index (Phi) is 2.90. The summed E-state index contributed by atoms with van der Waals surface area (Å²) < 4.78 is 20.6. The van der Waals surface area contributed by atoms with Gasteiger partial charge in [-0.3, -0.25) is 0 Å². The van der Waals surface area contributed by atoms with Gasteiger partial charge in [-0.25, -0.2) is 13.9 Å². The topological polar surface area (TPSA) is 77.2 Å². The van der Waals surface area contributed by atoms with Crippen LogP contribution in [0.2, 0.25) is 0 Å². The summed E-state index contributed by atoms with van der Waals surface area (Å²) in [5.41, 5.74) is 0.445. The van der Waals surface area contributed by atoms with Crippen LogP contribution < -0.4 is 0 Å². The van der Waals surface area contributed by atoms with Gasteiger partial charge < -0.3 is 9.84 Å². The lowest BCUT2D eigenvalue weighted by molar-refractivity contribution is 0.0692. The van der Waals surface area contributed by atoms with E-state index >= 15 is 0 Å². The van der Waals surface area contributed by atoms with Gasteiger partial charge in [-0.1, -0.05) is 5.21 Å². The van der Waals surface area contributed by atoms with Crippen molar-refractivity contribution >= 4 is 17.0 Å². The fourth-order valence-electron chi connectivity index (χ4n) is 1.86. The van der Waals surface area contributed by atoms with Crippen LogP contribution in [-0.4, -0.2) is 38.8 Å². The summed E-state index contributed by atoms with van der Waals surface area (Å²) in [6.45, 7) is 0.963. The zero-order valence-electron chi connectivity index (χ0n) is 10.0. The standard InChI is InChI=1S/C12H12FN3O3/c13-9-6-11-10(5-8(9)12(17)18)14-15-16(11)3-4-19-7-1-2-7/h5-7H,1-4H2,(H,17,18). The van der Waals surface area contributed by atoms with Gasteiger partial charge in [0.05, 0.1) is 30.3 Å². The first-order chi connectivity index (χ1) is 9.15. The molecule has 0 spiro atoms. The Hall–Kier alpha value is -2.02. The summed E-state index contributed by atoms with van der Waals surface area (Å²) in [6, 6.07) is 2.34. The highest BCUT2D eigenvalue weighted by molar-refractivity contribution is 5.92. The predicted molar refractivity (Wildman–Crippen MR) is 63.4 cm³/mol. The second-order valence-corrected chi connectivity index (χ2v) is 4.51. The number of benzene rings is 1. The van der Waals surface area contributed by atoms with E-state index in [1.807, 2.05) is 0 Å². The Morgan fingerprint density at radius 2 is 2.32 bits per heavy atom. The molecule has 1 aromatic heterocycles. The third kappa shape index (κ3) is 2.41. The van der Waals surface area contributed by atoms with Crippen molar-refractivity contribution in [3.63, 3.8) is 0 Å². The van der Waals surface area contributed by atoms with Crippen molar-refractivity contribution in [2.24, 2.45) is 0 Å². The van der Waals surface area contributed by atoms with Gasteiger partial charge >= 0.3 is 5.97 Å². The zero-order chi connectivity index (χ0) is 13.4. The molecule has 7 heteroatoms. The summed E-state index contributed by atoms with van der Waals surface area (Å²) in [5.74, 6) is -2.10. The number of carbonyl (C=O) groups is 1. The van der Waals surface area contributed by atoms with Crippen molar-refractivity contribution < 1.29 is 19.0 Å². The Labute approximate surface area is 107 Å². The highest BCUT2D eigenvalue weighted by atomic mass is 19.1. The van der Waals surface area contributed by atoms with Crippen molar-refractivity contribution in [1.29, 1.82) is 0 Å². The lowest BCUT2D eigenvalue weighted by Crippen LogP contribution is -2.08. The van der Waals surface area contributed by atoms with Crippen LogP contribution in [-0.2, 0) is 11.3 Å². The Morgan fingerprint density at radius 3 is 3.00 bits per heavy atom. The molecule has 2 aromatic rings. The summed E-state index contributed by atoms with van der Waals surface area (Å²) in [5, 5.41) is 16.6. The number of aromatic nitrogens is 3. The van der Waals surface area contributed by atoms with Gasteiger partial charge in [-0.2, -0.15) is 0 Å². The summed E-state index contributed by atoms with van der Waals surface area (Å²) in [7, 11) is 0. The lowest BCUT2D eigenvalue weighted by Gasteiger charge is -2.03. The molecule has 1 heterocycles. The number of ether oxygens (including phenoxy) is 1. The number of hydrogen-bond acceptors (Lipinski definition) is 4. The molecule has 1 N–H and O–H groups in total. The molecule has 0 amide bonds. The van der Waals surface area contributed by atoms with Gasteiger partial charge in [0.1, 0.15) is 11.3 Å². The van der Waals surface area contributed by atoms with E-state index in [2.05, 4.69) is 10.3 Å². The minimum atomic E-state index is -1.31. The third-order valence-electron chi connectivity index (χ3n) is 3.01. The Bertz CT molecular complexity index is 636. The quantitative estimate of drug-likeness (QED) is 0.885. The predicted octanol–water partition coefficient (Wildman–Crippen LogP) is 1.45. The highest BCUT2D eigenvalue weighted by Crippen LogP contribution is 2.23. The smallest absolute Gasteiger partial charge is 0.338 e. The van der Waals surface area contributed by atoms with Crippen molar-refractivity contribution in [3.05, 3.63) is 23.5 Å². The van der Waals surface area contributed by atoms with Crippen LogP contribution in [0.5, 0.6) is 0 Å². The van der Waals surface area contributed by atoms with Crippen LogP contribution in [0.3, 0.4) is 0 Å². The van der Waals surface area contributed by atoms with Gasteiger partial charge in [0, 0.05) is 6.07 Å². The average Bonchev–Trinajstić information content (AvgIpc) is 3.11. The molecular formula is C12H12FN3O3. The van der Waals surface area contributed by atoms with E-state index in [1.54, 1.807) is 0 Å². The zero-order valence-corrected chi connectivity index (χ0v) is 10.0. The molecule has 0 bridgehead atoms. The molecule has 1 aliphatic rings. The average molecular weight is 265 g/mol. The number of rotatable bonds is 5. The minimum Gasteiger partial charge on any atom is -0.478 e. The van der Waals surface area contributed by atoms with E-state index in [4.69, 9.17) is 9.84 Å². The summed E-state index contributed by atoms with van der Waals surface area (Å²) >= 11 is 0. The molecule has 0 radical (unpaired) electrons. The molecule has 0 atom stereocenters. The molecule has 19 heavy (non-hydrogen) atoms. The minimum absolute atomic E-state index is 0.352. The molecule has 1 aromatic carbocycles. The van der Waals surface area contributed by atoms with Crippen molar-refractivity contribution in [2.45, 2.75) is 25.5 Å². The molecule has 1 saturated carbocycles. The first-order valence-corrected chi connectivity index (χ1v) is 6.03. The second kappa shape index (κ2) is 4.58. The molecule has 0 saturated heterocycles.